The van der Waals surface area contributed by atoms with Crippen LogP contribution in [-0.4, -0.2) is 26.2 Å². The summed E-state index contributed by atoms with van der Waals surface area (Å²) in [5.41, 5.74) is 0. The SMILES string of the molecule is C=C(CCCNCC)OC(=C)CCCNCC. The largest absolute Gasteiger partial charge is 0.467 e. The monoisotopic (exact) mass is 240 g/mol. The van der Waals surface area contributed by atoms with Crippen LogP contribution >= 0.6 is 0 Å². The Morgan fingerprint density at radius 2 is 1.29 bits per heavy atom. The Bertz CT molecular complexity index is 192. The molecule has 0 unspecified atom stereocenters. The fraction of sp³-hybridized carbons (Fsp3) is 0.714. The second kappa shape index (κ2) is 11.7. The minimum Gasteiger partial charge on any atom is -0.467 e. The quantitative estimate of drug-likeness (QED) is 0.406. The van der Waals surface area contributed by atoms with Crippen molar-refractivity contribution in [1.82, 2.24) is 10.6 Å². The highest BCUT2D eigenvalue weighted by Gasteiger charge is 1.99. The van der Waals surface area contributed by atoms with E-state index in [1.165, 1.54) is 0 Å². The summed E-state index contributed by atoms with van der Waals surface area (Å²) in [4.78, 5) is 0. The Balaban J connectivity index is 3.42. The predicted molar refractivity (Wildman–Crippen MR) is 74.9 cm³/mol. The van der Waals surface area contributed by atoms with E-state index >= 15 is 0 Å². The zero-order valence-corrected chi connectivity index (χ0v) is 11.5. The molecular weight excluding hydrogens is 212 g/mol. The maximum Gasteiger partial charge on any atom is 0.0964 e. The van der Waals surface area contributed by atoms with E-state index in [1.807, 2.05) is 0 Å². The smallest absolute Gasteiger partial charge is 0.0964 e. The van der Waals surface area contributed by atoms with Gasteiger partial charge in [-0.05, 0) is 39.0 Å². The van der Waals surface area contributed by atoms with Gasteiger partial charge in [-0.3, -0.25) is 0 Å². The van der Waals surface area contributed by atoms with Crippen LogP contribution in [0.4, 0.5) is 0 Å². The molecule has 0 saturated heterocycles. The van der Waals surface area contributed by atoms with E-state index in [0.29, 0.717) is 0 Å². The highest BCUT2D eigenvalue weighted by atomic mass is 16.5. The van der Waals surface area contributed by atoms with Crippen LogP contribution in [-0.2, 0) is 4.74 Å². The van der Waals surface area contributed by atoms with Crippen molar-refractivity contribution >= 4 is 0 Å². The molecule has 3 nitrogen and oxygen atoms in total. The highest BCUT2D eigenvalue weighted by molar-refractivity contribution is 4.93. The first-order valence-corrected chi connectivity index (χ1v) is 6.65. The van der Waals surface area contributed by atoms with Gasteiger partial charge in [0.15, 0.2) is 0 Å². The molecule has 0 spiro atoms. The maximum absolute atomic E-state index is 5.57. The van der Waals surface area contributed by atoms with E-state index in [2.05, 4.69) is 37.6 Å². The molecule has 0 aromatic rings. The summed E-state index contributed by atoms with van der Waals surface area (Å²) >= 11 is 0. The first-order chi connectivity index (χ1) is 8.20. The molecule has 0 bridgehead atoms. The molecule has 0 aliphatic rings. The van der Waals surface area contributed by atoms with Crippen LogP contribution in [0.2, 0.25) is 0 Å². The Labute approximate surface area is 106 Å². The van der Waals surface area contributed by atoms with Crippen molar-refractivity contribution in [1.29, 1.82) is 0 Å². The third kappa shape index (κ3) is 11.5. The summed E-state index contributed by atoms with van der Waals surface area (Å²) in [6, 6.07) is 0. The van der Waals surface area contributed by atoms with Crippen LogP contribution in [0.5, 0.6) is 0 Å². The maximum atomic E-state index is 5.57. The first-order valence-electron chi connectivity index (χ1n) is 6.65. The van der Waals surface area contributed by atoms with Crippen molar-refractivity contribution in [2.75, 3.05) is 26.2 Å². The minimum absolute atomic E-state index is 0.830. The molecule has 0 radical (unpaired) electrons. The van der Waals surface area contributed by atoms with Crippen molar-refractivity contribution < 1.29 is 4.74 Å². The Morgan fingerprint density at radius 1 is 0.882 bits per heavy atom. The third-order valence-electron chi connectivity index (χ3n) is 2.41. The lowest BCUT2D eigenvalue weighted by Crippen LogP contribution is -2.14. The van der Waals surface area contributed by atoms with Crippen LogP contribution in [0.1, 0.15) is 39.5 Å². The Kier molecular flexibility index (Phi) is 11.1. The standard InChI is InChI=1S/C14H28N2O/c1-5-15-11-7-9-13(3)17-14(4)10-8-12-16-6-2/h15-16H,3-12H2,1-2H3. The van der Waals surface area contributed by atoms with Gasteiger partial charge in [-0.15, -0.1) is 0 Å². The van der Waals surface area contributed by atoms with E-state index in [9.17, 15) is 0 Å². The lowest BCUT2D eigenvalue weighted by atomic mass is 10.2. The van der Waals surface area contributed by atoms with Gasteiger partial charge in [-0.1, -0.05) is 27.0 Å². The fourth-order valence-corrected chi connectivity index (χ4v) is 1.48. The Morgan fingerprint density at radius 3 is 1.65 bits per heavy atom. The van der Waals surface area contributed by atoms with Gasteiger partial charge >= 0.3 is 0 Å². The lowest BCUT2D eigenvalue weighted by molar-refractivity contribution is 0.276. The zero-order valence-electron chi connectivity index (χ0n) is 11.5. The van der Waals surface area contributed by atoms with Crippen molar-refractivity contribution in [2.45, 2.75) is 39.5 Å². The average molecular weight is 240 g/mol. The van der Waals surface area contributed by atoms with Crippen LogP contribution in [0.3, 0.4) is 0 Å². The molecule has 3 heteroatoms. The van der Waals surface area contributed by atoms with Gasteiger partial charge in [-0.25, -0.2) is 0 Å². The van der Waals surface area contributed by atoms with E-state index in [0.717, 1.165) is 63.4 Å². The van der Waals surface area contributed by atoms with Crippen LogP contribution < -0.4 is 10.6 Å². The molecule has 0 amide bonds. The van der Waals surface area contributed by atoms with Gasteiger partial charge in [-0.2, -0.15) is 0 Å². The van der Waals surface area contributed by atoms with Crippen molar-refractivity contribution in [3.8, 4) is 0 Å². The Hall–Kier alpha value is -0.800. The number of hydrogen-bond donors (Lipinski definition) is 2. The van der Waals surface area contributed by atoms with E-state index < -0.39 is 0 Å². The van der Waals surface area contributed by atoms with E-state index in [1.54, 1.807) is 0 Å². The second-order valence-electron chi connectivity index (χ2n) is 4.09. The van der Waals surface area contributed by atoms with Crippen LogP contribution in [0.15, 0.2) is 24.7 Å². The number of allylic oxidation sites excluding steroid dienone is 2. The number of rotatable bonds is 12. The summed E-state index contributed by atoms with van der Waals surface area (Å²) in [7, 11) is 0. The molecule has 0 saturated carbocycles. The highest BCUT2D eigenvalue weighted by Crippen LogP contribution is 2.12. The van der Waals surface area contributed by atoms with Gasteiger partial charge in [0.1, 0.15) is 0 Å². The van der Waals surface area contributed by atoms with E-state index in [4.69, 9.17) is 4.74 Å². The van der Waals surface area contributed by atoms with Gasteiger partial charge in [0.2, 0.25) is 0 Å². The molecular formula is C14H28N2O. The lowest BCUT2D eigenvalue weighted by Gasteiger charge is -2.11. The van der Waals surface area contributed by atoms with Crippen molar-refractivity contribution in [2.24, 2.45) is 0 Å². The van der Waals surface area contributed by atoms with Crippen LogP contribution in [0, 0.1) is 0 Å². The summed E-state index contributed by atoms with van der Waals surface area (Å²) in [6.07, 6.45) is 3.94. The summed E-state index contributed by atoms with van der Waals surface area (Å²) < 4.78 is 5.57. The molecule has 2 N–H and O–H groups in total. The van der Waals surface area contributed by atoms with E-state index in [-0.39, 0.29) is 0 Å². The summed E-state index contributed by atoms with van der Waals surface area (Å²) in [5.74, 6) is 1.66. The normalized spacial score (nSPS) is 10.2. The van der Waals surface area contributed by atoms with Gasteiger partial charge in [0.05, 0.1) is 11.5 Å². The molecule has 0 rings (SSSR count). The number of nitrogens with one attached hydrogen (secondary N) is 2. The average Bonchev–Trinajstić information content (AvgIpc) is 2.30. The topological polar surface area (TPSA) is 33.3 Å². The molecule has 0 aromatic heterocycles. The fourth-order valence-electron chi connectivity index (χ4n) is 1.48. The summed E-state index contributed by atoms with van der Waals surface area (Å²) in [6.45, 7) is 16.1. The molecule has 0 aliphatic carbocycles. The van der Waals surface area contributed by atoms with Gasteiger partial charge in [0, 0.05) is 12.8 Å². The number of hydrogen-bond acceptors (Lipinski definition) is 3. The minimum atomic E-state index is 0.830. The molecule has 0 fully saturated rings. The third-order valence-corrected chi connectivity index (χ3v) is 2.41. The molecule has 0 aliphatic heterocycles. The predicted octanol–water partition coefficient (Wildman–Crippen LogP) is 2.81. The summed E-state index contributed by atoms with van der Waals surface area (Å²) in [5, 5.41) is 6.56. The van der Waals surface area contributed by atoms with Crippen molar-refractivity contribution in [3.05, 3.63) is 24.7 Å². The van der Waals surface area contributed by atoms with Gasteiger partial charge < -0.3 is 15.4 Å². The van der Waals surface area contributed by atoms with Gasteiger partial charge in [0.25, 0.3) is 0 Å². The molecule has 100 valence electrons. The van der Waals surface area contributed by atoms with Crippen LogP contribution in [0.25, 0.3) is 0 Å². The molecule has 0 atom stereocenters. The second-order valence-corrected chi connectivity index (χ2v) is 4.09. The number of ether oxygens (including phenoxy) is 1. The van der Waals surface area contributed by atoms with Crippen molar-refractivity contribution in [3.63, 3.8) is 0 Å². The molecule has 17 heavy (non-hydrogen) atoms. The molecule has 0 aromatic carbocycles. The first kappa shape index (κ1) is 16.2. The molecule has 0 heterocycles. The zero-order chi connectivity index (χ0) is 12.9.